The molecule has 3 saturated carbocycles. The van der Waals surface area contributed by atoms with Gasteiger partial charge in [-0.15, -0.1) is 0 Å². The summed E-state index contributed by atoms with van der Waals surface area (Å²) in [6, 6.07) is 11.4. The molecule has 9 heteroatoms. The molecule has 2 heterocycles. The fourth-order valence-electron chi connectivity index (χ4n) is 9.31. The summed E-state index contributed by atoms with van der Waals surface area (Å²) in [6.07, 6.45) is 7.45. The number of carbonyl (C=O) groups excluding carboxylic acids is 2. The van der Waals surface area contributed by atoms with Crippen molar-refractivity contribution in [3.05, 3.63) is 77.5 Å². The molecular formula is C34H39N3O6. The first-order valence-electron chi connectivity index (χ1n) is 15.2. The van der Waals surface area contributed by atoms with Gasteiger partial charge in [-0.2, -0.15) is 0 Å². The molecule has 5 aliphatic rings. The Morgan fingerprint density at radius 2 is 1.98 bits per heavy atom. The minimum Gasteiger partial charge on any atom is -0.399 e. The van der Waals surface area contributed by atoms with Gasteiger partial charge in [0.2, 0.25) is 0 Å². The molecular weight excluding hydrogens is 546 g/mol. The zero-order chi connectivity index (χ0) is 30.1. The van der Waals surface area contributed by atoms with Crippen molar-refractivity contribution < 1.29 is 29.3 Å². The Hall–Kier alpha value is -3.37. The number of aliphatic hydroxyl groups is 2. The number of anilines is 2. The van der Waals surface area contributed by atoms with Crippen molar-refractivity contribution >= 4 is 23.1 Å². The molecule has 0 radical (unpaired) electrons. The van der Waals surface area contributed by atoms with E-state index in [2.05, 4.69) is 17.2 Å². The van der Waals surface area contributed by atoms with Crippen LogP contribution in [0.5, 0.6) is 0 Å². The second kappa shape index (κ2) is 10.1. The van der Waals surface area contributed by atoms with E-state index in [1.807, 2.05) is 49.4 Å². The van der Waals surface area contributed by atoms with E-state index in [-0.39, 0.29) is 23.5 Å². The first-order chi connectivity index (χ1) is 20.6. The van der Waals surface area contributed by atoms with E-state index >= 15 is 0 Å². The molecule has 9 nitrogen and oxygen atoms in total. The third-order valence-electron chi connectivity index (χ3n) is 11.3. The van der Waals surface area contributed by atoms with Crippen LogP contribution in [0, 0.1) is 28.6 Å². The SMILES string of the molecule is C[C@]12C=CC(=O)C=C1CC[C@@H]1C2[C@@H](O)C[C@@]2(C)C1C[C@H]1O[C@@H](c3ccc(NCc4ccc(N)cc4)nc3)O[C@]12C(=O)CO. The highest BCUT2D eigenvalue weighted by molar-refractivity contribution is 6.01. The summed E-state index contributed by atoms with van der Waals surface area (Å²) in [4.78, 5) is 30.4. The van der Waals surface area contributed by atoms with Crippen LogP contribution in [0.3, 0.4) is 0 Å². The van der Waals surface area contributed by atoms with Crippen LogP contribution in [0.2, 0.25) is 0 Å². The van der Waals surface area contributed by atoms with Crippen LogP contribution >= 0.6 is 0 Å². The number of ether oxygens (including phenoxy) is 2. The third kappa shape index (κ3) is 4.16. The molecule has 4 aliphatic carbocycles. The number of benzene rings is 1. The normalized spacial score (nSPS) is 39.3. The molecule has 1 aromatic heterocycles. The molecule has 4 fully saturated rings. The number of nitrogen functional groups attached to an aromatic ring is 1. The van der Waals surface area contributed by atoms with Gasteiger partial charge in [0.25, 0.3) is 0 Å². The maximum absolute atomic E-state index is 13.7. The van der Waals surface area contributed by atoms with E-state index in [9.17, 15) is 19.8 Å². The highest BCUT2D eigenvalue weighted by Crippen LogP contribution is 2.70. The summed E-state index contributed by atoms with van der Waals surface area (Å²) >= 11 is 0. The second-order valence-electron chi connectivity index (χ2n) is 13.4. The molecule has 0 spiro atoms. The lowest BCUT2D eigenvalue weighted by Gasteiger charge is -2.59. The quantitative estimate of drug-likeness (QED) is 0.371. The Kier molecular flexibility index (Phi) is 6.66. The summed E-state index contributed by atoms with van der Waals surface area (Å²) in [5.41, 5.74) is 6.79. The van der Waals surface area contributed by atoms with E-state index in [1.54, 1.807) is 18.3 Å². The smallest absolute Gasteiger partial charge is 0.193 e. The van der Waals surface area contributed by atoms with Crippen LogP contribution in [0.1, 0.15) is 56.9 Å². The number of carbonyl (C=O) groups is 2. The molecule has 1 aromatic carbocycles. The Morgan fingerprint density at radius 1 is 1.19 bits per heavy atom. The zero-order valence-corrected chi connectivity index (χ0v) is 24.5. The summed E-state index contributed by atoms with van der Waals surface area (Å²) in [5.74, 6) is 0.355. The highest BCUT2D eigenvalue weighted by atomic mass is 16.7. The van der Waals surface area contributed by atoms with E-state index < -0.39 is 47.3 Å². The van der Waals surface area contributed by atoms with E-state index in [0.29, 0.717) is 36.5 Å². The summed E-state index contributed by atoms with van der Waals surface area (Å²) < 4.78 is 13.2. The monoisotopic (exact) mass is 585 g/mol. The number of fused-ring (bicyclic) bond motifs is 7. The highest BCUT2D eigenvalue weighted by Gasteiger charge is 2.75. The number of pyridine rings is 1. The fraction of sp³-hybridized carbons (Fsp3) is 0.500. The first kappa shape index (κ1) is 28.4. The van der Waals surface area contributed by atoms with Crippen LogP contribution < -0.4 is 11.1 Å². The average molecular weight is 586 g/mol. The van der Waals surface area contributed by atoms with Crippen molar-refractivity contribution in [3.8, 4) is 0 Å². The number of nitrogens with two attached hydrogens (primary N) is 1. The van der Waals surface area contributed by atoms with Gasteiger partial charge >= 0.3 is 0 Å². The van der Waals surface area contributed by atoms with Crippen molar-refractivity contribution in [2.24, 2.45) is 28.6 Å². The molecule has 226 valence electrons. The number of aromatic nitrogens is 1. The summed E-state index contributed by atoms with van der Waals surface area (Å²) in [7, 11) is 0. The van der Waals surface area contributed by atoms with E-state index in [0.717, 1.165) is 24.0 Å². The second-order valence-corrected chi connectivity index (χ2v) is 13.4. The van der Waals surface area contributed by atoms with Gasteiger partial charge in [-0.1, -0.05) is 37.6 Å². The number of aliphatic hydroxyl groups excluding tert-OH is 2. The number of hydrogen-bond acceptors (Lipinski definition) is 9. The van der Waals surface area contributed by atoms with Crippen molar-refractivity contribution in [2.45, 2.75) is 70.2 Å². The molecule has 1 aliphatic heterocycles. The average Bonchev–Trinajstić information content (AvgIpc) is 3.50. The van der Waals surface area contributed by atoms with Crippen LogP contribution in [0.15, 0.2) is 66.4 Å². The Balaban J connectivity index is 1.14. The molecule has 5 N–H and O–H groups in total. The lowest BCUT2D eigenvalue weighted by atomic mass is 9.46. The molecule has 9 atom stereocenters. The standard InChI is InChI=1S/C34H39N3O6/c1-32-12-11-23(39)13-21(32)6-9-24-25-14-28-34(27(41)18-38,33(25,2)15-26(40)30(24)32)43-31(42-28)20-5-10-29(37-17-20)36-16-19-3-7-22(35)8-4-19/h3-5,7-8,10-13,17,24-26,28,30-31,38,40H,6,9,14-16,18,35H2,1-2H3,(H,36,37)/t24-,25?,26-,28+,30?,31+,32-,33-,34+/m0/s1. The maximum atomic E-state index is 13.7. The predicted octanol–water partition coefficient (Wildman–Crippen LogP) is 3.88. The minimum atomic E-state index is -1.38. The number of nitrogens with zero attached hydrogens (tertiary/aromatic N) is 1. The van der Waals surface area contributed by atoms with Gasteiger partial charge in [-0.05, 0) is 79.5 Å². The summed E-state index contributed by atoms with van der Waals surface area (Å²) in [6.45, 7) is 4.08. The molecule has 2 aromatic rings. The predicted molar refractivity (Wildman–Crippen MR) is 159 cm³/mol. The molecule has 1 saturated heterocycles. The molecule has 0 amide bonds. The van der Waals surface area contributed by atoms with Gasteiger partial charge < -0.3 is 30.7 Å². The zero-order valence-electron chi connectivity index (χ0n) is 24.5. The van der Waals surface area contributed by atoms with Gasteiger partial charge in [0.1, 0.15) is 12.4 Å². The number of nitrogens with one attached hydrogen (secondary N) is 1. The van der Waals surface area contributed by atoms with Crippen LogP contribution in [-0.2, 0) is 25.6 Å². The van der Waals surface area contributed by atoms with Gasteiger partial charge in [0, 0.05) is 40.7 Å². The minimum absolute atomic E-state index is 0.00286. The van der Waals surface area contributed by atoms with Crippen LogP contribution in [0.4, 0.5) is 11.5 Å². The summed E-state index contributed by atoms with van der Waals surface area (Å²) in [5, 5.41) is 25.3. The van der Waals surface area contributed by atoms with Crippen LogP contribution in [-0.4, -0.2) is 51.2 Å². The number of ketones is 2. The molecule has 43 heavy (non-hydrogen) atoms. The Labute approximate surface area is 251 Å². The van der Waals surface area contributed by atoms with Crippen molar-refractivity contribution in [1.82, 2.24) is 4.98 Å². The number of Topliss-reactive ketones (excluding diaryl/α,β-unsaturated/α-hetero) is 1. The van der Waals surface area contributed by atoms with Gasteiger partial charge in [0.05, 0.1) is 12.2 Å². The molecule has 7 rings (SSSR count). The molecule has 2 unspecified atom stereocenters. The van der Waals surface area contributed by atoms with Crippen molar-refractivity contribution in [1.29, 1.82) is 0 Å². The number of hydrogen-bond donors (Lipinski definition) is 4. The van der Waals surface area contributed by atoms with Crippen molar-refractivity contribution in [3.63, 3.8) is 0 Å². The lowest BCUT2D eigenvalue weighted by molar-refractivity contribution is -0.201. The van der Waals surface area contributed by atoms with Gasteiger partial charge in [-0.25, -0.2) is 4.98 Å². The third-order valence-corrected chi connectivity index (χ3v) is 11.3. The van der Waals surface area contributed by atoms with E-state index in [1.165, 1.54) is 0 Å². The number of allylic oxidation sites excluding steroid dienone is 4. The Morgan fingerprint density at radius 3 is 2.70 bits per heavy atom. The topological polar surface area (TPSA) is 144 Å². The lowest BCUT2D eigenvalue weighted by Crippen LogP contribution is -2.63. The fourth-order valence-corrected chi connectivity index (χ4v) is 9.31. The van der Waals surface area contributed by atoms with E-state index in [4.69, 9.17) is 15.2 Å². The first-order valence-corrected chi connectivity index (χ1v) is 15.2. The largest absolute Gasteiger partial charge is 0.399 e. The molecule has 0 bridgehead atoms. The van der Waals surface area contributed by atoms with Crippen molar-refractivity contribution in [2.75, 3.05) is 17.7 Å². The maximum Gasteiger partial charge on any atom is 0.193 e. The van der Waals surface area contributed by atoms with Crippen LogP contribution in [0.25, 0.3) is 0 Å². The van der Waals surface area contributed by atoms with Gasteiger partial charge in [0.15, 0.2) is 23.5 Å². The van der Waals surface area contributed by atoms with Gasteiger partial charge in [-0.3, -0.25) is 9.59 Å². The Bertz CT molecular complexity index is 1500. The number of rotatable bonds is 6.